The fourth-order valence-corrected chi connectivity index (χ4v) is 6.42. The minimum atomic E-state index is -2.75. The number of methoxy groups -OCH3 is 1. The molecular weight excluding hydrogens is 516 g/mol. The van der Waals surface area contributed by atoms with Crippen molar-refractivity contribution in [2.24, 2.45) is 5.92 Å². The van der Waals surface area contributed by atoms with Crippen LogP contribution in [0.15, 0.2) is 60.9 Å². The Morgan fingerprint density at radius 1 is 1.10 bits per heavy atom. The first kappa shape index (κ1) is 26.3. The maximum absolute atomic E-state index is 14.0. The van der Waals surface area contributed by atoms with E-state index < -0.39 is 17.4 Å². The number of benzene rings is 2. The number of rotatable bonds is 6. The number of nitrogens with zero attached hydrogens (tertiary/aromatic N) is 4. The molecule has 0 radical (unpaired) electrons. The van der Waals surface area contributed by atoms with Crippen LogP contribution in [-0.2, 0) is 11.3 Å². The van der Waals surface area contributed by atoms with E-state index in [0.717, 1.165) is 28.1 Å². The number of ether oxygens (including phenoxy) is 1. The maximum Gasteiger partial charge on any atom is 0.325 e. The van der Waals surface area contributed by atoms with E-state index in [1.165, 1.54) is 0 Å². The number of H-pyrrole nitrogens is 1. The smallest absolute Gasteiger partial charge is 0.325 e. The van der Waals surface area contributed by atoms with Gasteiger partial charge in [0.05, 0.1) is 25.4 Å². The molecule has 2 aromatic carbocycles. The van der Waals surface area contributed by atoms with Crippen molar-refractivity contribution in [2.45, 2.75) is 50.1 Å². The summed E-state index contributed by atoms with van der Waals surface area (Å²) in [7, 11) is 1.61. The lowest BCUT2D eigenvalue weighted by Gasteiger charge is -2.44. The fraction of sp³-hybridized carbons (Fsp3) is 0.433. The number of carbonyl (C=O) groups is 2. The van der Waals surface area contributed by atoms with E-state index in [0.29, 0.717) is 39.0 Å². The number of nitrogens with one attached hydrogen (secondary N) is 1. The first-order chi connectivity index (χ1) is 19.3. The molecule has 10 heteroatoms. The van der Waals surface area contributed by atoms with Crippen LogP contribution in [0.5, 0.6) is 5.75 Å². The van der Waals surface area contributed by atoms with Gasteiger partial charge < -0.3 is 14.5 Å². The zero-order chi connectivity index (χ0) is 27.9. The Kier molecular flexibility index (Phi) is 6.72. The highest BCUT2D eigenvalue weighted by Crippen LogP contribution is 2.43. The summed E-state index contributed by atoms with van der Waals surface area (Å²) in [4.78, 5) is 32.6. The number of anilines is 1. The molecule has 3 fully saturated rings. The highest BCUT2D eigenvalue weighted by Gasteiger charge is 2.52. The number of carbonyl (C=O) groups excluding carboxylic acids is 2. The number of likely N-dealkylation sites (tertiary alicyclic amines) is 1. The number of halogens is 2. The van der Waals surface area contributed by atoms with E-state index in [1.54, 1.807) is 18.2 Å². The minimum absolute atomic E-state index is 0.0888. The second-order valence-corrected chi connectivity index (χ2v) is 11.2. The van der Waals surface area contributed by atoms with Crippen molar-refractivity contribution in [1.29, 1.82) is 0 Å². The molecule has 8 nitrogen and oxygen atoms in total. The van der Waals surface area contributed by atoms with Crippen molar-refractivity contribution in [3.63, 3.8) is 0 Å². The van der Waals surface area contributed by atoms with E-state index in [2.05, 4.69) is 10.2 Å². The van der Waals surface area contributed by atoms with E-state index >= 15 is 0 Å². The molecule has 3 heterocycles. The molecule has 1 unspecified atom stereocenters. The number of aromatic nitrogens is 2. The van der Waals surface area contributed by atoms with Crippen molar-refractivity contribution in [1.82, 2.24) is 20.0 Å². The zero-order valence-corrected chi connectivity index (χ0v) is 22.5. The third kappa shape index (κ3) is 4.91. The van der Waals surface area contributed by atoms with Gasteiger partial charge in [-0.2, -0.15) is 5.10 Å². The van der Waals surface area contributed by atoms with Crippen molar-refractivity contribution in [3.05, 3.63) is 66.5 Å². The van der Waals surface area contributed by atoms with Crippen molar-refractivity contribution >= 4 is 17.6 Å². The topological polar surface area (TPSA) is 81.8 Å². The molecule has 40 heavy (non-hydrogen) atoms. The molecule has 210 valence electrons. The lowest BCUT2D eigenvalue weighted by molar-refractivity contribution is -0.138. The van der Waals surface area contributed by atoms with Gasteiger partial charge in [-0.1, -0.05) is 24.3 Å². The number of urea groups is 1. The number of amides is 3. The zero-order valence-electron chi connectivity index (χ0n) is 22.5. The summed E-state index contributed by atoms with van der Waals surface area (Å²) in [6.07, 6.45) is 4.39. The van der Waals surface area contributed by atoms with E-state index in [-0.39, 0.29) is 31.2 Å². The van der Waals surface area contributed by atoms with Crippen molar-refractivity contribution in [2.75, 3.05) is 31.6 Å². The van der Waals surface area contributed by atoms with Crippen LogP contribution in [0.1, 0.15) is 37.7 Å². The maximum atomic E-state index is 14.0. The highest BCUT2D eigenvalue weighted by atomic mass is 19.3. The quantitative estimate of drug-likeness (QED) is 0.451. The van der Waals surface area contributed by atoms with Crippen LogP contribution < -0.4 is 9.64 Å². The predicted octanol–water partition coefficient (Wildman–Crippen LogP) is 5.32. The summed E-state index contributed by atoms with van der Waals surface area (Å²) in [5.74, 6) is -2.83. The van der Waals surface area contributed by atoms with Gasteiger partial charge in [0.15, 0.2) is 0 Å². The summed E-state index contributed by atoms with van der Waals surface area (Å²) in [6, 6.07) is 15.4. The Bertz CT molecular complexity index is 1370. The van der Waals surface area contributed by atoms with Gasteiger partial charge in [0.25, 0.3) is 0 Å². The van der Waals surface area contributed by atoms with Crippen LogP contribution in [-0.4, -0.2) is 70.1 Å². The Morgan fingerprint density at radius 2 is 1.88 bits per heavy atom. The van der Waals surface area contributed by atoms with Crippen LogP contribution in [0.2, 0.25) is 0 Å². The van der Waals surface area contributed by atoms with Gasteiger partial charge >= 0.3 is 6.03 Å². The molecule has 3 aliphatic rings. The molecule has 3 aromatic rings. The second kappa shape index (κ2) is 10.2. The van der Waals surface area contributed by atoms with Crippen molar-refractivity contribution in [3.8, 4) is 16.9 Å². The lowest BCUT2D eigenvalue weighted by atomic mass is 9.85. The predicted molar refractivity (Wildman–Crippen MR) is 146 cm³/mol. The van der Waals surface area contributed by atoms with Crippen LogP contribution in [0.4, 0.5) is 19.3 Å². The molecule has 1 saturated carbocycles. The summed E-state index contributed by atoms with van der Waals surface area (Å²) >= 11 is 0. The number of alkyl halides is 2. The molecule has 1 atom stereocenters. The van der Waals surface area contributed by atoms with Gasteiger partial charge in [-0.05, 0) is 54.7 Å². The molecule has 2 saturated heterocycles. The van der Waals surface area contributed by atoms with Gasteiger partial charge in [-0.15, -0.1) is 0 Å². The standard InChI is InChI=1S/C30H33F2N5O3/c1-40-26-4-2-3-21(15-26)19-37-28(39)36(25-7-5-22(6-8-25)24-17-33-34-18-24)20-29(37)11-13-35(14-12-29)27(38)23-9-10-30(31,32)16-23/h2-8,15,17-18,23H,9-14,16,19-20H2,1H3,(H,33,34). The Balaban J connectivity index is 1.24. The Morgan fingerprint density at radius 3 is 2.52 bits per heavy atom. The average molecular weight is 550 g/mol. The molecule has 1 spiro atoms. The second-order valence-electron chi connectivity index (χ2n) is 11.2. The van der Waals surface area contributed by atoms with Crippen LogP contribution >= 0.6 is 0 Å². The van der Waals surface area contributed by atoms with Gasteiger partial charge in [-0.3, -0.25) is 14.8 Å². The highest BCUT2D eigenvalue weighted by molar-refractivity contribution is 5.95. The van der Waals surface area contributed by atoms with Gasteiger partial charge in [0.1, 0.15) is 5.75 Å². The van der Waals surface area contributed by atoms with Crippen LogP contribution in [0.3, 0.4) is 0 Å². The number of aromatic amines is 1. The number of piperidine rings is 1. The SMILES string of the molecule is COc1cccc(CN2C(=O)N(c3ccc(-c4cn[nH]c4)cc3)CC23CCN(C(=O)C2CCC(F)(F)C2)CC3)c1. The summed E-state index contributed by atoms with van der Waals surface area (Å²) in [5.41, 5.74) is 3.23. The average Bonchev–Trinajstić information content (AvgIpc) is 3.69. The fourth-order valence-electron chi connectivity index (χ4n) is 6.42. The minimum Gasteiger partial charge on any atom is -0.497 e. The largest absolute Gasteiger partial charge is 0.497 e. The molecule has 1 aromatic heterocycles. The summed E-state index contributed by atoms with van der Waals surface area (Å²) in [6.45, 7) is 1.78. The molecular formula is C30H33F2N5O3. The lowest BCUT2D eigenvalue weighted by Crippen LogP contribution is -2.55. The first-order valence-corrected chi connectivity index (χ1v) is 13.7. The van der Waals surface area contributed by atoms with Crippen LogP contribution in [0.25, 0.3) is 11.1 Å². The van der Waals surface area contributed by atoms with Gasteiger partial charge in [-0.25, -0.2) is 13.6 Å². The number of hydrogen-bond donors (Lipinski definition) is 1. The third-order valence-corrected chi connectivity index (χ3v) is 8.73. The molecule has 1 N–H and O–H groups in total. The third-order valence-electron chi connectivity index (χ3n) is 8.73. The summed E-state index contributed by atoms with van der Waals surface area (Å²) < 4.78 is 33.0. The molecule has 3 amide bonds. The summed E-state index contributed by atoms with van der Waals surface area (Å²) in [5, 5.41) is 6.83. The van der Waals surface area contributed by atoms with Gasteiger partial charge in [0, 0.05) is 55.8 Å². The van der Waals surface area contributed by atoms with Crippen LogP contribution in [0, 0.1) is 5.92 Å². The normalized spacial score (nSPS) is 21.8. The van der Waals surface area contributed by atoms with E-state index in [1.807, 2.05) is 64.5 Å². The molecule has 1 aliphatic carbocycles. The first-order valence-electron chi connectivity index (χ1n) is 13.7. The molecule has 0 bridgehead atoms. The Labute approximate surface area is 231 Å². The molecule has 2 aliphatic heterocycles. The van der Waals surface area contributed by atoms with Crippen molar-refractivity contribution < 1.29 is 23.1 Å². The monoisotopic (exact) mass is 549 g/mol. The van der Waals surface area contributed by atoms with E-state index in [9.17, 15) is 18.4 Å². The molecule has 6 rings (SSSR count). The Hall–Kier alpha value is -3.95. The number of hydrogen-bond acceptors (Lipinski definition) is 4. The van der Waals surface area contributed by atoms with E-state index in [4.69, 9.17) is 4.74 Å². The van der Waals surface area contributed by atoms with Gasteiger partial charge in [0.2, 0.25) is 11.8 Å².